The summed E-state index contributed by atoms with van der Waals surface area (Å²) in [5.74, 6) is 0.341. The van der Waals surface area contributed by atoms with Gasteiger partial charge in [0.2, 0.25) is 5.91 Å². The molecule has 1 saturated heterocycles. The normalized spacial score (nSPS) is 26.1. The van der Waals surface area contributed by atoms with Crippen LogP contribution in [0.2, 0.25) is 0 Å². The van der Waals surface area contributed by atoms with Crippen LogP contribution >= 0.6 is 0 Å². The van der Waals surface area contributed by atoms with Gasteiger partial charge in [-0.2, -0.15) is 0 Å². The number of likely N-dealkylation sites (tertiary alicyclic amines) is 1. The van der Waals surface area contributed by atoms with E-state index in [4.69, 9.17) is 4.74 Å². The van der Waals surface area contributed by atoms with E-state index >= 15 is 0 Å². The Morgan fingerprint density at radius 2 is 1.92 bits per heavy atom. The summed E-state index contributed by atoms with van der Waals surface area (Å²) < 4.78 is 5.42. The molecule has 1 aromatic rings. The zero-order valence-corrected chi connectivity index (χ0v) is 14.6. The Hall–Kier alpha value is -2.04. The standard InChI is InChI=1S/C19H26N2O3/c1-19(2,3)24-18(23)21-11-7-10-16(21)17(22)20-15-12-14(15)13-8-5-4-6-9-13/h4-6,8-9,14-16H,7,10-12H2,1-3H3,(H,20,22)/t14-,15+,16?/m0/s1. The first-order valence-corrected chi connectivity index (χ1v) is 8.70. The topological polar surface area (TPSA) is 58.6 Å². The van der Waals surface area contributed by atoms with E-state index in [1.54, 1.807) is 4.90 Å². The van der Waals surface area contributed by atoms with Crippen LogP contribution in [0.25, 0.3) is 0 Å². The first-order chi connectivity index (χ1) is 11.3. The second-order valence-corrected chi connectivity index (χ2v) is 7.70. The molecule has 0 spiro atoms. The molecule has 3 atom stereocenters. The Bertz CT molecular complexity index is 609. The van der Waals surface area contributed by atoms with E-state index in [2.05, 4.69) is 17.4 Å². The summed E-state index contributed by atoms with van der Waals surface area (Å²) in [6, 6.07) is 10.0. The molecule has 0 bridgehead atoms. The molecule has 2 fully saturated rings. The van der Waals surface area contributed by atoms with Gasteiger partial charge in [-0.05, 0) is 45.6 Å². The minimum atomic E-state index is -0.546. The highest BCUT2D eigenvalue weighted by atomic mass is 16.6. The van der Waals surface area contributed by atoms with Gasteiger partial charge in [0, 0.05) is 18.5 Å². The van der Waals surface area contributed by atoms with Crippen molar-refractivity contribution in [3.63, 3.8) is 0 Å². The van der Waals surface area contributed by atoms with Crippen LogP contribution in [0.3, 0.4) is 0 Å². The zero-order chi connectivity index (χ0) is 17.3. The molecule has 0 radical (unpaired) electrons. The molecule has 1 N–H and O–H groups in total. The predicted octanol–water partition coefficient (Wildman–Crippen LogP) is 3.06. The molecule has 1 unspecified atom stereocenters. The molecule has 130 valence electrons. The van der Waals surface area contributed by atoms with E-state index in [1.165, 1.54) is 5.56 Å². The number of benzene rings is 1. The van der Waals surface area contributed by atoms with Gasteiger partial charge in [0.05, 0.1) is 0 Å². The van der Waals surface area contributed by atoms with Crippen molar-refractivity contribution < 1.29 is 14.3 Å². The highest BCUT2D eigenvalue weighted by molar-refractivity contribution is 5.86. The number of carbonyl (C=O) groups excluding carboxylic acids is 2. The maximum atomic E-state index is 12.6. The fourth-order valence-electron chi connectivity index (χ4n) is 3.28. The lowest BCUT2D eigenvalue weighted by atomic mass is 10.1. The Morgan fingerprint density at radius 3 is 2.58 bits per heavy atom. The van der Waals surface area contributed by atoms with Crippen LogP contribution in [0.15, 0.2) is 30.3 Å². The summed E-state index contributed by atoms with van der Waals surface area (Å²) in [6.07, 6.45) is 2.11. The molecule has 5 nitrogen and oxygen atoms in total. The number of hydrogen-bond acceptors (Lipinski definition) is 3. The van der Waals surface area contributed by atoms with Crippen LogP contribution in [0, 0.1) is 0 Å². The van der Waals surface area contributed by atoms with Crippen molar-refractivity contribution in [3.8, 4) is 0 Å². The number of ether oxygens (including phenoxy) is 1. The molecule has 1 heterocycles. The van der Waals surface area contributed by atoms with Gasteiger partial charge >= 0.3 is 6.09 Å². The van der Waals surface area contributed by atoms with Gasteiger partial charge in [0.1, 0.15) is 11.6 Å². The van der Waals surface area contributed by atoms with Crippen molar-refractivity contribution in [2.45, 2.75) is 63.6 Å². The largest absolute Gasteiger partial charge is 0.444 e. The van der Waals surface area contributed by atoms with Gasteiger partial charge in [0.25, 0.3) is 0 Å². The van der Waals surface area contributed by atoms with Crippen molar-refractivity contribution in [2.75, 3.05) is 6.54 Å². The average molecular weight is 330 g/mol. The van der Waals surface area contributed by atoms with E-state index in [1.807, 2.05) is 39.0 Å². The number of hydrogen-bond donors (Lipinski definition) is 1. The smallest absolute Gasteiger partial charge is 0.410 e. The highest BCUT2D eigenvalue weighted by Gasteiger charge is 2.43. The lowest BCUT2D eigenvalue weighted by molar-refractivity contribution is -0.125. The molecule has 2 amide bonds. The summed E-state index contributed by atoms with van der Waals surface area (Å²) in [5, 5.41) is 3.10. The van der Waals surface area contributed by atoms with Gasteiger partial charge in [-0.3, -0.25) is 9.69 Å². The Balaban J connectivity index is 1.56. The SMILES string of the molecule is CC(C)(C)OC(=O)N1CCCC1C(=O)N[C@@H]1C[C@H]1c1ccccc1. The second-order valence-electron chi connectivity index (χ2n) is 7.70. The molecule has 1 aliphatic heterocycles. The predicted molar refractivity (Wildman–Crippen MR) is 91.7 cm³/mol. The van der Waals surface area contributed by atoms with Crippen LogP contribution < -0.4 is 5.32 Å². The van der Waals surface area contributed by atoms with Crippen LogP contribution in [0.4, 0.5) is 4.79 Å². The summed E-state index contributed by atoms with van der Waals surface area (Å²) >= 11 is 0. The highest BCUT2D eigenvalue weighted by Crippen LogP contribution is 2.40. The quantitative estimate of drug-likeness (QED) is 0.926. The van der Waals surface area contributed by atoms with Gasteiger partial charge in [-0.1, -0.05) is 30.3 Å². The maximum absolute atomic E-state index is 12.6. The van der Waals surface area contributed by atoms with Crippen molar-refractivity contribution >= 4 is 12.0 Å². The van der Waals surface area contributed by atoms with Crippen LogP contribution in [-0.2, 0) is 9.53 Å². The van der Waals surface area contributed by atoms with E-state index in [0.717, 1.165) is 12.8 Å². The molecule has 0 aromatic heterocycles. The van der Waals surface area contributed by atoms with Crippen molar-refractivity contribution in [3.05, 3.63) is 35.9 Å². The van der Waals surface area contributed by atoms with Crippen LogP contribution in [0.5, 0.6) is 0 Å². The third-order valence-corrected chi connectivity index (χ3v) is 4.53. The van der Waals surface area contributed by atoms with Crippen LogP contribution in [0.1, 0.15) is 51.5 Å². The maximum Gasteiger partial charge on any atom is 0.410 e. The molecular formula is C19H26N2O3. The first-order valence-electron chi connectivity index (χ1n) is 8.70. The van der Waals surface area contributed by atoms with Crippen molar-refractivity contribution in [1.82, 2.24) is 10.2 Å². The van der Waals surface area contributed by atoms with Gasteiger partial charge in [-0.25, -0.2) is 4.79 Å². The molecule has 1 aliphatic carbocycles. The summed E-state index contributed by atoms with van der Waals surface area (Å²) in [6.45, 7) is 6.10. The number of carbonyl (C=O) groups is 2. The molecule has 1 aromatic carbocycles. The molecule has 2 aliphatic rings. The molecule has 3 rings (SSSR count). The molecule has 24 heavy (non-hydrogen) atoms. The molecule has 5 heteroatoms. The third-order valence-electron chi connectivity index (χ3n) is 4.53. The van der Waals surface area contributed by atoms with Crippen molar-refractivity contribution in [1.29, 1.82) is 0 Å². The molecular weight excluding hydrogens is 304 g/mol. The van der Waals surface area contributed by atoms with E-state index in [-0.39, 0.29) is 11.9 Å². The number of rotatable bonds is 3. The van der Waals surface area contributed by atoms with E-state index in [0.29, 0.717) is 18.9 Å². The Morgan fingerprint density at radius 1 is 1.21 bits per heavy atom. The van der Waals surface area contributed by atoms with E-state index < -0.39 is 17.7 Å². The number of amides is 2. The summed E-state index contributed by atoms with van der Waals surface area (Å²) in [7, 11) is 0. The third kappa shape index (κ3) is 3.89. The summed E-state index contributed by atoms with van der Waals surface area (Å²) in [5.41, 5.74) is 0.716. The fraction of sp³-hybridized carbons (Fsp3) is 0.579. The van der Waals surface area contributed by atoms with Gasteiger partial charge < -0.3 is 10.1 Å². The van der Waals surface area contributed by atoms with Gasteiger partial charge in [-0.15, -0.1) is 0 Å². The zero-order valence-electron chi connectivity index (χ0n) is 14.6. The van der Waals surface area contributed by atoms with Crippen LogP contribution in [-0.4, -0.2) is 41.1 Å². The van der Waals surface area contributed by atoms with E-state index in [9.17, 15) is 9.59 Å². The average Bonchev–Trinajstić information content (AvgIpc) is 3.09. The fourth-order valence-corrected chi connectivity index (χ4v) is 3.28. The first kappa shape index (κ1) is 16.8. The van der Waals surface area contributed by atoms with Crippen molar-refractivity contribution in [2.24, 2.45) is 0 Å². The Kier molecular flexibility index (Phi) is 4.52. The summed E-state index contributed by atoms with van der Waals surface area (Å²) in [4.78, 5) is 26.4. The minimum absolute atomic E-state index is 0.0539. The molecule has 1 saturated carbocycles. The monoisotopic (exact) mass is 330 g/mol. The lowest BCUT2D eigenvalue weighted by Gasteiger charge is -2.28. The minimum Gasteiger partial charge on any atom is -0.444 e. The van der Waals surface area contributed by atoms with Gasteiger partial charge in [0.15, 0.2) is 0 Å². The number of nitrogens with zero attached hydrogens (tertiary/aromatic N) is 1. The lowest BCUT2D eigenvalue weighted by Crippen LogP contribution is -2.48. The number of nitrogens with one attached hydrogen (secondary N) is 1. The Labute approximate surface area is 143 Å². The second kappa shape index (κ2) is 6.46.